The Labute approximate surface area is 235 Å². The van der Waals surface area contributed by atoms with Crippen molar-refractivity contribution in [2.45, 2.75) is 51.0 Å². The van der Waals surface area contributed by atoms with E-state index < -0.39 is 0 Å². The third-order valence-electron chi connectivity index (χ3n) is 9.08. The largest absolute Gasteiger partial charge is 0.378 e. The number of ether oxygens (including phenoxy) is 1. The van der Waals surface area contributed by atoms with E-state index in [0.717, 1.165) is 93.4 Å². The molecule has 0 N–H and O–H groups in total. The van der Waals surface area contributed by atoms with Gasteiger partial charge in [-0.2, -0.15) is 4.98 Å². The maximum atomic E-state index is 13.0. The van der Waals surface area contributed by atoms with Crippen LogP contribution in [0.4, 0.5) is 5.95 Å². The summed E-state index contributed by atoms with van der Waals surface area (Å²) >= 11 is 0. The molecule has 3 fully saturated rings. The molecule has 2 aromatic heterocycles. The maximum Gasteiger partial charge on any atom is 0.228 e. The second-order valence-electron chi connectivity index (χ2n) is 11.5. The van der Waals surface area contributed by atoms with Crippen LogP contribution in [0.3, 0.4) is 0 Å². The zero-order chi connectivity index (χ0) is 26.9. The molecule has 0 spiro atoms. The number of carbonyl (C=O) groups excluding carboxylic acids is 1. The monoisotopic (exact) mass is 541 g/mol. The molecule has 0 unspecified atom stereocenters. The standard InChI is InChI=1S/C31H39N7O2/c39-27(12-15-35-13-2-1-3-14-35)36-16-10-24(11-17-36)38-22-32-29-28(26-9-5-7-23-6-4-8-25(23)26)33-31(34-30(29)38)37-18-20-40-21-19-37/h4-5,7-9,22,24H,1-3,6,10-21H2. The second kappa shape index (κ2) is 11.3. The van der Waals surface area contributed by atoms with E-state index in [2.05, 4.69) is 49.6 Å². The number of rotatable bonds is 6. The minimum absolute atomic E-state index is 0.262. The first kappa shape index (κ1) is 25.7. The van der Waals surface area contributed by atoms with Gasteiger partial charge in [0.15, 0.2) is 5.65 Å². The Morgan fingerprint density at radius 1 is 0.975 bits per heavy atom. The number of benzene rings is 1. The highest BCUT2D eigenvalue weighted by atomic mass is 16.5. The minimum atomic E-state index is 0.262. The summed E-state index contributed by atoms with van der Waals surface area (Å²) in [5.74, 6) is 1.04. The molecule has 7 rings (SSSR count). The quantitative estimate of drug-likeness (QED) is 0.468. The van der Waals surface area contributed by atoms with E-state index in [1.54, 1.807) is 0 Å². The van der Waals surface area contributed by atoms with Gasteiger partial charge in [0, 0.05) is 50.7 Å². The molecular formula is C31H39N7O2. The molecule has 1 aliphatic carbocycles. The number of amides is 1. The summed E-state index contributed by atoms with van der Waals surface area (Å²) in [6.07, 6.45) is 13.6. The summed E-state index contributed by atoms with van der Waals surface area (Å²) in [6.45, 7) is 7.68. The lowest BCUT2D eigenvalue weighted by Crippen LogP contribution is -2.41. The molecule has 9 nitrogen and oxygen atoms in total. The molecule has 3 aliphatic heterocycles. The molecule has 4 aliphatic rings. The van der Waals surface area contributed by atoms with Crippen molar-refractivity contribution in [2.75, 3.05) is 63.9 Å². The fourth-order valence-corrected chi connectivity index (χ4v) is 6.75. The van der Waals surface area contributed by atoms with E-state index in [0.29, 0.717) is 25.5 Å². The van der Waals surface area contributed by atoms with Crippen molar-refractivity contribution in [1.82, 2.24) is 29.3 Å². The first-order valence-corrected chi connectivity index (χ1v) is 15.1. The van der Waals surface area contributed by atoms with E-state index in [4.69, 9.17) is 19.7 Å². The predicted molar refractivity (Wildman–Crippen MR) is 156 cm³/mol. The number of morpholine rings is 1. The Hall–Kier alpha value is -3.30. The molecule has 0 atom stereocenters. The van der Waals surface area contributed by atoms with Crippen LogP contribution in [0, 0.1) is 0 Å². The van der Waals surface area contributed by atoms with Crippen LogP contribution in [0.25, 0.3) is 28.5 Å². The molecule has 1 amide bonds. The smallest absolute Gasteiger partial charge is 0.228 e. The van der Waals surface area contributed by atoms with Crippen LogP contribution >= 0.6 is 0 Å². The Bertz CT molecular complexity index is 1400. The molecular weight excluding hydrogens is 502 g/mol. The van der Waals surface area contributed by atoms with Gasteiger partial charge in [0.1, 0.15) is 11.2 Å². The number of fused-ring (bicyclic) bond motifs is 2. The SMILES string of the molecule is O=C(CCN1CCCCC1)N1CCC(n2cnc3c(-c4cccc5c4C=CC5)nc(N4CCOCC4)nc32)CC1. The van der Waals surface area contributed by atoms with Gasteiger partial charge in [0.05, 0.1) is 19.5 Å². The summed E-state index contributed by atoms with van der Waals surface area (Å²) in [4.78, 5) is 34.9. The predicted octanol–water partition coefficient (Wildman–Crippen LogP) is 3.94. The third-order valence-corrected chi connectivity index (χ3v) is 9.08. The van der Waals surface area contributed by atoms with Crippen molar-refractivity contribution in [2.24, 2.45) is 0 Å². The van der Waals surface area contributed by atoms with E-state index in [1.807, 2.05) is 6.33 Å². The lowest BCUT2D eigenvalue weighted by atomic mass is 10.00. The van der Waals surface area contributed by atoms with E-state index in [1.165, 1.54) is 30.4 Å². The lowest BCUT2D eigenvalue weighted by molar-refractivity contribution is -0.132. The topological polar surface area (TPSA) is 79.6 Å². The van der Waals surface area contributed by atoms with Crippen molar-refractivity contribution in [3.8, 4) is 11.3 Å². The van der Waals surface area contributed by atoms with Crippen molar-refractivity contribution >= 4 is 29.1 Å². The normalized spacial score (nSPS) is 20.4. The molecule has 9 heteroatoms. The molecule has 40 heavy (non-hydrogen) atoms. The van der Waals surface area contributed by atoms with Gasteiger partial charge in [-0.05, 0) is 56.3 Å². The number of likely N-dealkylation sites (tertiary alicyclic amines) is 2. The summed E-state index contributed by atoms with van der Waals surface area (Å²) in [6, 6.07) is 6.74. The summed E-state index contributed by atoms with van der Waals surface area (Å²) in [5, 5.41) is 0. The summed E-state index contributed by atoms with van der Waals surface area (Å²) in [5.41, 5.74) is 6.33. The average molecular weight is 542 g/mol. The first-order valence-electron chi connectivity index (χ1n) is 15.1. The Morgan fingerprint density at radius 3 is 2.62 bits per heavy atom. The highest BCUT2D eigenvalue weighted by Crippen LogP contribution is 2.36. The zero-order valence-corrected chi connectivity index (χ0v) is 23.3. The zero-order valence-electron chi connectivity index (χ0n) is 23.3. The summed E-state index contributed by atoms with van der Waals surface area (Å²) < 4.78 is 7.86. The van der Waals surface area contributed by atoms with Crippen molar-refractivity contribution in [3.05, 3.63) is 41.7 Å². The van der Waals surface area contributed by atoms with E-state index >= 15 is 0 Å². The van der Waals surface area contributed by atoms with Gasteiger partial charge in [0.2, 0.25) is 11.9 Å². The van der Waals surface area contributed by atoms with E-state index in [9.17, 15) is 4.79 Å². The number of hydrogen-bond acceptors (Lipinski definition) is 7. The number of aromatic nitrogens is 4. The fourth-order valence-electron chi connectivity index (χ4n) is 6.75. The summed E-state index contributed by atoms with van der Waals surface area (Å²) in [7, 11) is 0. The van der Waals surface area contributed by atoms with Crippen LogP contribution in [0.1, 0.15) is 55.7 Å². The van der Waals surface area contributed by atoms with Gasteiger partial charge in [-0.3, -0.25) is 4.79 Å². The highest BCUT2D eigenvalue weighted by molar-refractivity contribution is 5.92. The number of carbonyl (C=O) groups is 1. The van der Waals surface area contributed by atoms with Crippen molar-refractivity contribution in [1.29, 1.82) is 0 Å². The number of piperidine rings is 2. The van der Waals surface area contributed by atoms with Gasteiger partial charge in [-0.15, -0.1) is 0 Å². The Morgan fingerprint density at radius 2 is 1.80 bits per heavy atom. The van der Waals surface area contributed by atoms with Crippen LogP contribution < -0.4 is 4.90 Å². The molecule has 0 radical (unpaired) electrons. The number of allylic oxidation sites excluding steroid dienone is 1. The van der Waals surface area contributed by atoms with Crippen LogP contribution in [0.15, 0.2) is 30.6 Å². The molecule has 0 bridgehead atoms. The molecule has 210 valence electrons. The van der Waals surface area contributed by atoms with Gasteiger partial charge in [-0.1, -0.05) is 36.8 Å². The maximum absolute atomic E-state index is 13.0. The lowest BCUT2D eigenvalue weighted by Gasteiger charge is -2.34. The van der Waals surface area contributed by atoms with E-state index in [-0.39, 0.29) is 6.04 Å². The van der Waals surface area contributed by atoms with Crippen molar-refractivity contribution < 1.29 is 9.53 Å². The van der Waals surface area contributed by atoms with Crippen LogP contribution in [-0.4, -0.2) is 94.3 Å². The van der Waals surface area contributed by atoms with Gasteiger partial charge in [0.25, 0.3) is 0 Å². The molecule has 5 heterocycles. The average Bonchev–Trinajstić information content (AvgIpc) is 3.68. The minimum Gasteiger partial charge on any atom is -0.378 e. The number of hydrogen-bond donors (Lipinski definition) is 0. The fraction of sp³-hybridized carbons (Fsp3) is 0.548. The number of anilines is 1. The highest BCUT2D eigenvalue weighted by Gasteiger charge is 2.28. The van der Waals surface area contributed by atoms with Gasteiger partial charge < -0.3 is 24.0 Å². The van der Waals surface area contributed by atoms with Crippen molar-refractivity contribution in [3.63, 3.8) is 0 Å². The van der Waals surface area contributed by atoms with Gasteiger partial charge >= 0.3 is 0 Å². The number of imidazole rings is 1. The third kappa shape index (κ3) is 5.01. The second-order valence-corrected chi connectivity index (χ2v) is 11.5. The Balaban J connectivity index is 1.14. The molecule has 3 saturated heterocycles. The molecule has 3 aromatic rings. The molecule has 0 saturated carbocycles. The van der Waals surface area contributed by atoms with Crippen LogP contribution in [-0.2, 0) is 16.0 Å². The molecule has 1 aromatic carbocycles. The van der Waals surface area contributed by atoms with Crippen LogP contribution in [0.5, 0.6) is 0 Å². The number of nitrogens with zero attached hydrogens (tertiary/aromatic N) is 7. The first-order chi connectivity index (χ1) is 19.7. The Kier molecular flexibility index (Phi) is 7.24. The van der Waals surface area contributed by atoms with Crippen LogP contribution in [0.2, 0.25) is 0 Å². The van der Waals surface area contributed by atoms with Gasteiger partial charge in [-0.25, -0.2) is 9.97 Å².